The smallest absolute Gasteiger partial charge is 0.326 e. The van der Waals surface area contributed by atoms with Gasteiger partial charge in [0.2, 0.25) is 41.3 Å². The number of benzene rings is 2. The van der Waals surface area contributed by atoms with Crippen LogP contribution < -0.4 is 43.4 Å². The average Bonchev–Trinajstić information content (AvgIpc) is 0.802. The van der Waals surface area contributed by atoms with E-state index in [1.54, 1.807) is 62.3 Å². The predicted octanol–water partition coefficient (Wildman–Crippen LogP) is 8.19. The summed E-state index contributed by atoms with van der Waals surface area (Å²) in [7, 11) is 0. The summed E-state index contributed by atoms with van der Waals surface area (Å²) in [5.41, 5.74) is 10.5. The number of carboxylic acid groups (broad SMARTS) is 1. The molecule has 0 aliphatic carbocycles. The minimum atomic E-state index is -2.38. The van der Waals surface area contributed by atoms with Gasteiger partial charge >= 0.3 is 5.97 Å². The number of carbonyl (C=O) groups excluding carboxylic acids is 11. The molecule has 0 aliphatic rings. The van der Waals surface area contributed by atoms with Crippen LogP contribution in [0.1, 0.15) is 192 Å². The third kappa shape index (κ3) is 29.2. The number of nitrogens with one attached hydrogen (secondary N) is 6. The highest BCUT2D eigenvalue weighted by Gasteiger charge is 2.38. The van der Waals surface area contributed by atoms with Crippen LogP contribution in [0.4, 0.5) is 26.3 Å². The number of amides is 6. The van der Waals surface area contributed by atoms with E-state index >= 15 is 0 Å². The molecule has 98 heavy (non-hydrogen) atoms. The molecule has 2 rings (SSSR count). The lowest BCUT2D eigenvalue weighted by Gasteiger charge is -2.28. The Hall–Kier alpha value is -7.42. The lowest BCUT2D eigenvalue weighted by atomic mass is 9.86. The van der Waals surface area contributed by atoms with E-state index in [4.69, 9.17) is 11.5 Å². The van der Waals surface area contributed by atoms with Crippen molar-refractivity contribution in [3.63, 3.8) is 0 Å². The SMILES string of the molecule is CCC(C)[C@H](NC(=O)Cc1c(F)c(F)c(F)c(F)c1F)C(=O)C[C@@H](CCCCN)C(=O)N[C@H](C(=O)C[C@@H](C)C(=O)N[C@H](C(=O)O)C(C)C)C(C)C.CCC(C)[C@H](NC(=O)Cc1ccc(F)cc1)C(=O)C[C@@H](CCCCN)C(=O)N[C@H](C(=O)C[C@@H](C)C(=O)N[C@H](C(C)=O)C(C)C)C(C)C. The largest absolute Gasteiger partial charge is 0.480 e. The predicted molar refractivity (Wildman–Crippen MR) is 358 cm³/mol. The van der Waals surface area contributed by atoms with Gasteiger partial charge in [-0.05, 0) is 98.9 Å². The molecule has 2 aromatic carbocycles. The first-order valence-corrected chi connectivity index (χ1v) is 34.0. The molecule has 12 atom stereocenters. The van der Waals surface area contributed by atoms with E-state index in [-0.39, 0.29) is 79.7 Å². The molecular weight excluding hydrogens is 1290 g/mol. The Balaban J connectivity index is 0.000000983. The van der Waals surface area contributed by atoms with Gasteiger partial charge in [-0.1, -0.05) is 135 Å². The van der Waals surface area contributed by atoms with Crippen LogP contribution in [0.3, 0.4) is 0 Å². The van der Waals surface area contributed by atoms with E-state index < -0.39 is 178 Å². The molecule has 11 N–H and O–H groups in total. The standard InChI is InChI=1S/C36H57FN4O6.C35H51F5N4O7/c1-9-23(6)34(39-31(45)19-26-13-15-28(37)16-14-26)30(44)20-27(12-10-11-17-38)36(47)41-33(22(4)5)29(43)18-24(7)35(46)40-32(21(2)3)25(8)42;1-8-18(6)32(42-24(47)15-21-25(36)27(38)29(40)28(39)26(21)37)23(46)14-20(11-9-10-12-41)34(49)43-30(16(2)3)22(45)13-19(7)33(48)44-31(17(4)5)35(50)51/h13-16,21-24,27,32-34H,9-12,17-20,38H2,1-8H3,(H,39,45)(H,40,46)(H,41,47);16-20,30-32H,8-15,41H2,1-7H3,(H,42,47)(H,43,49)(H,44,48)(H,50,51)/t23?,24-,27-,32+,33+,34+;18?,19-,20-,30+,31+,32+/m11/s1. The molecule has 2 aromatic rings. The molecule has 0 aliphatic heterocycles. The van der Waals surface area contributed by atoms with Crippen LogP contribution >= 0.6 is 0 Å². The monoisotopic (exact) mass is 1390 g/mol. The number of aliphatic carboxylic acids is 1. The van der Waals surface area contributed by atoms with Crippen molar-refractivity contribution in [3.8, 4) is 0 Å². The highest BCUT2D eigenvalue weighted by atomic mass is 19.2. The number of nitrogens with two attached hydrogens (primary N) is 2. The minimum Gasteiger partial charge on any atom is -0.480 e. The first-order chi connectivity index (χ1) is 45.7. The Bertz CT molecular complexity index is 2990. The van der Waals surface area contributed by atoms with Crippen molar-refractivity contribution >= 4 is 70.3 Å². The highest BCUT2D eigenvalue weighted by molar-refractivity contribution is 5.98. The number of hydrogen-bond donors (Lipinski definition) is 9. The summed E-state index contributed by atoms with van der Waals surface area (Å²) in [5.74, 6) is -23.9. The molecule has 27 heteroatoms. The van der Waals surface area contributed by atoms with E-state index in [1.165, 1.54) is 38.1 Å². The number of carbonyl (C=O) groups is 12. The van der Waals surface area contributed by atoms with Gasteiger partial charge in [-0.2, -0.15) is 0 Å². The van der Waals surface area contributed by atoms with Gasteiger partial charge in [-0.15, -0.1) is 0 Å². The van der Waals surface area contributed by atoms with Gasteiger partial charge in [0.1, 0.15) is 11.9 Å². The Morgan fingerprint density at radius 1 is 0.408 bits per heavy atom. The van der Waals surface area contributed by atoms with Crippen molar-refractivity contribution < 1.29 is 89.0 Å². The van der Waals surface area contributed by atoms with Crippen LogP contribution in [0.5, 0.6) is 0 Å². The number of carboxylic acids is 1. The van der Waals surface area contributed by atoms with Crippen LogP contribution in [0.25, 0.3) is 0 Å². The molecule has 21 nitrogen and oxygen atoms in total. The summed E-state index contributed by atoms with van der Waals surface area (Å²) < 4.78 is 82.7. The summed E-state index contributed by atoms with van der Waals surface area (Å²) in [6, 6.07) is -0.340. The lowest BCUT2D eigenvalue weighted by Crippen LogP contribution is -2.50. The van der Waals surface area contributed by atoms with Crippen molar-refractivity contribution in [3.05, 3.63) is 70.3 Å². The second-order valence-electron chi connectivity index (χ2n) is 27.2. The first-order valence-electron chi connectivity index (χ1n) is 34.0. The van der Waals surface area contributed by atoms with Crippen LogP contribution in [0.2, 0.25) is 0 Å². The molecule has 0 spiro atoms. The normalized spacial score (nSPS) is 15.1. The molecular formula is C71H108F6N8O13. The van der Waals surface area contributed by atoms with Crippen molar-refractivity contribution in [2.24, 2.45) is 70.6 Å². The summed E-state index contributed by atoms with van der Waals surface area (Å²) in [6.45, 7) is 26.0. The fraction of sp³-hybridized carbons (Fsp3) is 0.662. The number of halogens is 6. The number of rotatable bonds is 44. The molecule has 0 radical (unpaired) electrons. The molecule has 2 unspecified atom stereocenters. The van der Waals surface area contributed by atoms with Crippen molar-refractivity contribution in [2.75, 3.05) is 13.1 Å². The molecule has 552 valence electrons. The van der Waals surface area contributed by atoms with E-state index in [0.29, 0.717) is 57.1 Å². The summed E-state index contributed by atoms with van der Waals surface area (Å²) in [4.78, 5) is 156. The Kier molecular flexibility index (Phi) is 39.7. The van der Waals surface area contributed by atoms with Gasteiger partial charge in [0.15, 0.2) is 52.2 Å². The molecule has 0 aromatic heterocycles. The maximum Gasteiger partial charge on any atom is 0.326 e. The molecule has 0 saturated heterocycles. The first kappa shape index (κ1) is 88.6. The number of ketones is 5. The second-order valence-corrected chi connectivity index (χ2v) is 27.2. The zero-order valence-electron chi connectivity index (χ0n) is 59.6. The molecule has 6 amide bonds. The minimum absolute atomic E-state index is 0.0254. The Morgan fingerprint density at radius 3 is 1.06 bits per heavy atom. The third-order valence-electron chi connectivity index (χ3n) is 17.5. The van der Waals surface area contributed by atoms with Gasteiger partial charge in [0.25, 0.3) is 0 Å². The number of hydrogen-bond acceptors (Lipinski definition) is 14. The fourth-order valence-electron chi connectivity index (χ4n) is 10.9. The van der Waals surface area contributed by atoms with Gasteiger partial charge in [-0.25, -0.2) is 31.1 Å². The van der Waals surface area contributed by atoms with Crippen LogP contribution in [-0.4, -0.2) is 125 Å². The summed E-state index contributed by atoms with van der Waals surface area (Å²) in [5, 5.41) is 25.2. The lowest BCUT2D eigenvalue weighted by molar-refractivity contribution is -0.144. The van der Waals surface area contributed by atoms with Gasteiger partial charge in [-0.3, -0.25) is 52.7 Å². The van der Waals surface area contributed by atoms with E-state index in [1.807, 2.05) is 27.7 Å². The molecule has 0 fully saturated rings. The maximum absolute atomic E-state index is 14.2. The number of Topliss-reactive ketones (excluding diaryl/α,β-unsaturated/α-hetero) is 5. The summed E-state index contributed by atoms with van der Waals surface area (Å²) >= 11 is 0. The number of unbranched alkanes of at least 4 members (excludes halogenated alkanes) is 2. The molecule has 0 saturated carbocycles. The van der Waals surface area contributed by atoms with Crippen molar-refractivity contribution in [1.29, 1.82) is 0 Å². The second kappa shape index (κ2) is 43.9. The van der Waals surface area contributed by atoms with Crippen LogP contribution in [-0.2, 0) is 70.4 Å². The average molecular weight is 1400 g/mol. The van der Waals surface area contributed by atoms with E-state index in [9.17, 15) is 89.0 Å². The zero-order valence-corrected chi connectivity index (χ0v) is 59.6. The highest BCUT2D eigenvalue weighted by Crippen LogP contribution is 2.26. The van der Waals surface area contributed by atoms with E-state index in [2.05, 4.69) is 31.9 Å². The molecule has 0 heterocycles. The Labute approximate surface area is 573 Å². The van der Waals surface area contributed by atoms with Gasteiger partial charge in [0.05, 0.1) is 43.1 Å². The Morgan fingerprint density at radius 2 is 0.735 bits per heavy atom. The van der Waals surface area contributed by atoms with Crippen LogP contribution in [0, 0.1) is 94.1 Å². The van der Waals surface area contributed by atoms with E-state index in [0.717, 1.165) is 0 Å². The topological polar surface area (TPSA) is 349 Å². The summed E-state index contributed by atoms with van der Waals surface area (Å²) in [6.07, 6.45) is 1.31. The van der Waals surface area contributed by atoms with Gasteiger partial charge < -0.3 is 48.5 Å². The third-order valence-corrected chi connectivity index (χ3v) is 17.5. The van der Waals surface area contributed by atoms with Gasteiger partial charge in [0, 0.05) is 54.9 Å². The molecule has 0 bridgehead atoms. The van der Waals surface area contributed by atoms with Crippen LogP contribution in [0.15, 0.2) is 24.3 Å². The van der Waals surface area contributed by atoms with Crippen molar-refractivity contribution in [1.82, 2.24) is 31.9 Å². The van der Waals surface area contributed by atoms with Crippen molar-refractivity contribution in [2.45, 2.75) is 230 Å². The maximum atomic E-state index is 14.2. The zero-order chi connectivity index (χ0) is 75.2. The quantitative estimate of drug-likeness (QED) is 0.0131. The fourth-order valence-corrected chi connectivity index (χ4v) is 10.9.